The van der Waals surface area contributed by atoms with E-state index in [2.05, 4.69) is 4.98 Å². The second-order valence-electron chi connectivity index (χ2n) is 7.93. The Labute approximate surface area is 186 Å². The molecule has 0 radical (unpaired) electrons. The molecule has 0 spiro atoms. The summed E-state index contributed by atoms with van der Waals surface area (Å²) in [6, 6.07) is 14.8. The van der Waals surface area contributed by atoms with Crippen molar-refractivity contribution in [2.75, 3.05) is 33.0 Å². The molecule has 0 saturated carbocycles. The molecule has 0 bridgehead atoms. The molecular weight excluding hydrogens is 408 g/mol. The SMILES string of the molecule is CCOc1ccc2[nH]c(=O)c(CN(C[C@H]3COCCO3)C(=O)c3ccc(C)cc3)cc2c1. The summed E-state index contributed by atoms with van der Waals surface area (Å²) in [7, 11) is 0. The summed E-state index contributed by atoms with van der Waals surface area (Å²) < 4.78 is 16.9. The quantitative estimate of drug-likeness (QED) is 0.615. The van der Waals surface area contributed by atoms with Crippen LogP contribution in [-0.4, -0.2) is 54.9 Å². The molecule has 0 unspecified atom stereocenters. The summed E-state index contributed by atoms with van der Waals surface area (Å²) >= 11 is 0. The highest BCUT2D eigenvalue weighted by Gasteiger charge is 2.24. The number of rotatable bonds is 7. The summed E-state index contributed by atoms with van der Waals surface area (Å²) in [5.74, 6) is 0.583. The number of carbonyl (C=O) groups is 1. The predicted molar refractivity (Wildman–Crippen MR) is 122 cm³/mol. The van der Waals surface area contributed by atoms with Crippen LogP contribution in [0.15, 0.2) is 53.3 Å². The number of fused-ring (bicyclic) bond motifs is 1. The van der Waals surface area contributed by atoms with Crippen molar-refractivity contribution in [1.29, 1.82) is 0 Å². The van der Waals surface area contributed by atoms with Crippen molar-refractivity contribution < 1.29 is 19.0 Å². The Hall–Kier alpha value is -3.16. The molecule has 1 fully saturated rings. The highest BCUT2D eigenvalue weighted by molar-refractivity contribution is 5.94. The monoisotopic (exact) mass is 436 g/mol. The largest absolute Gasteiger partial charge is 0.494 e. The van der Waals surface area contributed by atoms with E-state index in [9.17, 15) is 9.59 Å². The van der Waals surface area contributed by atoms with E-state index in [1.807, 2.05) is 62.4 Å². The third-order valence-electron chi connectivity index (χ3n) is 5.46. The van der Waals surface area contributed by atoms with Gasteiger partial charge in [0.25, 0.3) is 11.5 Å². The highest BCUT2D eigenvalue weighted by Crippen LogP contribution is 2.20. The number of aryl methyl sites for hydroxylation is 1. The molecule has 1 aliphatic rings. The fraction of sp³-hybridized carbons (Fsp3) is 0.360. The molecule has 1 saturated heterocycles. The van der Waals surface area contributed by atoms with Crippen LogP contribution in [0.2, 0.25) is 0 Å². The molecule has 1 aliphatic heterocycles. The van der Waals surface area contributed by atoms with Gasteiger partial charge < -0.3 is 24.1 Å². The first-order valence-electron chi connectivity index (χ1n) is 10.9. The van der Waals surface area contributed by atoms with Crippen molar-refractivity contribution in [3.63, 3.8) is 0 Å². The van der Waals surface area contributed by atoms with Crippen LogP contribution in [0.4, 0.5) is 0 Å². The second-order valence-corrected chi connectivity index (χ2v) is 7.93. The van der Waals surface area contributed by atoms with E-state index in [0.29, 0.717) is 44.1 Å². The van der Waals surface area contributed by atoms with Gasteiger partial charge in [-0.2, -0.15) is 0 Å². The number of ether oxygens (including phenoxy) is 3. The lowest BCUT2D eigenvalue weighted by Crippen LogP contribution is -2.43. The number of carbonyl (C=O) groups excluding carboxylic acids is 1. The fourth-order valence-electron chi connectivity index (χ4n) is 3.80. The number of hydrogen-bond acceptors (Lipinski definition) is 5. The Morgan fingerprint density at radius 1 is 1.16 bits per heavy atom. The predicted octanol–water partition coefficient (Wildman–Crippen LogP) is 3.29. The Balaban J connectivity index is 1.65. The Morgan fingerprint density at radius 3 is 2.69 bits per heavy atom. The molecule has 2 aromatic carbocycles. The number of pyridine rings is 1. The van der Waals surface area contributed by atoms with Crippen LogP contribution in [-0.2, 0) is 16.0 Å². The maximum Gasteiger partial charge on any atom is 0.254 e. The van der Waals surface area contributed by atoms with Gasteiger partial charge in [-0.25, -0.2) is 0 Å². The van der Waals surface area contributed by atoms with Crippen LogP contribution in [0, 0.1) is 6.92 Å². The summed E-state index contributed by atoms with van der Waals surface area (Å²) in [6.45, 7) is 6.43. The van der Waals surface area contributed by atoms with Crippen LogP contribution >= 0.6 is 0 Å². The summed E-state index contributed by atoms with van der Waals surface area (Å²) in [6.07, 6.45) is -0.234. The number of hydrogen-bond donors (Lipinski definition) is 1. The summed E-state index contributed by atoms with van der Waals surface area (Å²) in [5.41, 5.74) is 2.66. The van der Waals surface area contributed by atoms with Gasteiger partial charge in [-0.1, -0.05) is 17.7 Å². The van der Waals surface area contributed by atoms with Crippen LogP contribution in [0.3, 0.4) is 0 Å². The number of aromatic nitrogens is 1. The number of nitrogens with one attached hydrogen (secondary N) is 1. The molecule has 2 heterocycles. The van der Waals surface area contributed by atoms with Crippen molar-refractivity contribution in [2.45, 2.75) is 26.5 Å². The van der Waals surface area contributed by atoms with E-state index in [1.54, 1.807) is 4.90 Å². The van der Waals surface area contributed by atoms with Crippen molar-refractivity contribution >= 4 is 16.8 Å². The zero-order valence-corrected chi connectivity index (χ0v) is 18.4. The molecule has 168 valence electrons. The lowest BCUT2D eigenvalue weighted by molar-refractivity contribution is -0.0953. The van der Waals surface area contributed by atoms with E-state index in [-0.39, 0.29) is 24.1 Å². The maximum atomic E-state index is 13.3. The molecule has 0 aliphatic carbocycles. The van der Waals surface area contributed by atoms with Crippen molar-refractivity contribution in [3.8, 4) is 5.75 Å². The van der Waals surface area contributed by atoms with Crippen LogP contribution < -0.4 is 10.3 Å². The average molecular weight is 437 g/mol. The number of aromatic amines is 1. The average Bonchev–Trinajstić information content (AvgIpc) is 2.80. The minimum Gasteiger partial charge on any atom is -0.494 e. The molecule has 7 nitrogen and oxygen atoms in total. The minimum absolute atomic E-state index is 0.151. The van der Waals surface area contributed by atoms with Crippen LogP contribution in [0.25, 0.3) is 10.9 Å². The topological polar surface area (TPSA) is 80.9 Å². The van der Waals surface area contributed by atoms with E-state index < -0.39 is 0 Å². The maximum absolute atomic E-state index is 13.3. The van der Waals surface area contributed by atoms with Gasteiger partial charge in [0, 0.05) is 28.6 Å². The molecule has 1 aromatic heterocycles. The lowest BCUT2D eigenvalue weighted by Gasteiger charge is -2.30. The smallest absolute Gasteiger partial charge is 0.254 e. The lowest BCUT2D eigenvalue weighted by atomic mass is 10.1. The van der Waals surface area contributed by atoms with E-state index in [4.69, 9.17) is 14.2 Å². The van der Waals surface area contributed by atoms with Gasteiger partial charge in [-0.3, -0.25) is 9.59 Å². The zero-order valence-electron chi connectivity index (χ0n) is 18.4. The van der Waals surface area contributed by atoms with Gasteiger partial charge in [0.1, 0.15) is 5.75 Å². The third-order valence-corrected chi connectivity index (χ3v) is 5.46. The van der Waals surface area contributed by atoms with Gasteiger partial charge in [0.15, 0.2) is 0 Å². The Morgan fingerprint density at radius 2 is 1.97 bits per heavy atom. The molecule has 4 rings (SSSR count). The van der Waals surface area contributed by atoms with Crippen molar-refractivity contribution in [3.05, 3.63) is 75.6 Å². The number of nitrogens with zero attached hydrogens (tertiary/aromatic N) is 1. The third kappa shape index (κ3) is 5.18. The van der Waals surface area contributed by atoms with Crippen molar-refractivity contribution in [1.82, 2.24) is 9.88 Å². The highest BCUT2D eigenvalue weighted by atomic mass is 16.6. The zero-order chi connectivity index (χ0) is 22.5. The first-order chi connectivity index (χ1) is 15.5. The van der Waals surface area contributed by atoms with Crippen LogP contribution in [0.1, 0.15) is 28.4 Å². The summed E-state index contributed by atoms with van der Waals surface area (Å²) in [5, 5.41) is 0.852. The number of H-pyrrole nitrogens is 1. The Kier molecular flexibility index (Phi) is 6.87. The molecule has 1 N–H and O–H groups in total. The van der Waals surface area contributed by atoms with Gasteiger partial charge in [-0.15, -0.1) is 0 Å². The number of benzene rings is 2. The van der Waals surface area contributed by atoms with Gasteiger partial charge in [0.2, 0.25) is 0 Å². The first-order valence-corrected chi connectivity index (χ1v) is 10.9. The van der Waals surface area contributed by atoms with Gasteiger partial charge in [0.05, 0.1) is 39.1 Å². The summed E-state index contributed by atoms with van der Waals surface area (Å²) in [4.78, 5) is 30.7. The molecular formula is C25H28N2O5. The second kappa shape index (κ2) is 9.97. The molecule has 3 aromatic rings. The molecule has 1 amide bonds. The minimum atomic E-state index is -0.234. The van der Waals surface area contributed by atoms with E-state index in [0.717, 1.165) is 22.2 Å². The molecule has 32 heavy (non-hydrogen) atoms. The molecule has 7 heteroatoms. The number of amides is 1. The fourth-order valence-corrected chi connectivity index (χ4v) is 3.80. The van der Waals surface area contributed by atoms with E-state index in [1.165, 1.54) is 0 Å². The van der Waals surface area contributed by atoms with Gasteiger partial charge >= 0.3 is 0 Å². The Bertz CT molecular complexity index is 1130. The molecule has 1 atom stereocenters. The normalized spacial score (nSPS) is 16.1. The van der Waals surface area contributed by atoms with Crippen LogP contribution in [0.5, 0.6) is 5.75 Å². The van der Waals surface area contributed by atoms with Gasteiger partial charge in [-0.05, 0) is 50.2 Å². The van der Waals surface area contributed by atoms with E-state index >= 15 is 0 Å². The van der Waals surface area contributed by atoms with Crippen molar-refractivity contribution in [2.24, 2.45) is 0 Å². The standard InChI is InChI=1S/C25H28N2O5/c1-3-31-21-8-9-23-19(13-21)12-20(24(28)26-23)14-27(15-22-16-30-10-11-32-22)25(29)18-6-4-17(2)5-7-18/h4-9,12-13,22H,3,10-11,14-16H2,1-2H3,(H,26,28)/t22-/m0/s1. The first kappa shape index (κ1) is 22.0.